The molecule has 39 heavy (non-hydrogen) atoms. The Bertz CT molecular complexity index is 1360. The Labute approximate surface area is 227 Å². The van der Waals surface area contributed by atoms with E-state index in [9.17, 15) is 21.6 Å². The van der Waals surface area contributed by atoms with Crippen molar-refractivity contribution in [2.45, 2.75) is 68.7 Å². The van der Waals surface area contributed by atoms with Crippen LogP contribution in [0.25, 0.3) is 0 Å². The van der Waals surface area contributed by atoms with Crippen LogP contribution in [0.2, 0.25) is 0 Å². The van der Waals surface area contributed by atoms with Crippen LogP contribution in [0.5, 0.6) is 5.75 Å². The van der Waals surface area contributed by atoms with Crippen molar-refractivity contribution in [3.8, 4) is 5.75 Å². The Morgan fingerprint density at radius 2 is 1.82 bits per heavy atom. The van der Waals surface area contributed by atoms with E-state index in [2.05, 4.69) is 14.9 Å². The van der Waals surface area contributed by atoms with Gasteiger partial charge in [-0.05, 0) is 54.7 Å². The van der Waals surface area contributed by atoms with E-state index in [4.69, 9.17) is 4.74 Å². The van der Waals surface area contributed by atoms with Crippen LogP contribution in [0.3, 0.4) is 0 Å². The number of H-pyrrole nitrogens is 1. The number of methoxy groups -OCH3 is 1. The van der Waals surface area contributed by atoms with E-state index >= 15 is 0 Å². The fourth-order valence-electron chi connectivity index (χ4n) is 5.75. The number of hydrogen-bond acceptors (Lipinski definition) is 5. The number of nitrogens with one attached hydrogen (secondary N) is 1. The minimum atomic E-state index is -4.54. The second kappa shape index (κ2) is 11.2. The van der Waals surface area contributed by atoms with Gasteiger partial charge in [0, 0.05) is 37.1 Å². The number of nitrogens with zero attached hydrogens (tertiary/aromatic N) is 3. The lowest BCUT2D eigenvalue weighted by molar-refractivity contribution is -0.137. The number of hydrogen-bond donors (Lipinski definition) is 1. The van der Waals surface area contributed by atoms with Gasteiger partial charge < -0.3 is 14.6 Å². The highest BCUT2D eigenvalue weighted by molar-refractivity contribution is 7.89. The van der Waals surface area contributed by atoms with Crippen molar-refractivity contribution in [1.29, 1.82) is 0 Å². The average Bonchev–Trinajstić information content (AvgIpc) is 3.61. The van der Waals surface area contributed by atoms with Gasteiger partial charge in [-0.15, -0.1) is 0 Å². The summed E-state index contributed by atoms with van der Waals surface area (Å²) in [5, 5.41) is 0. The highest BCUT2D eigenvalue weighted by Gasteiger charge is 2.36. The molecular weight excluding hydrogens is 529 g/mol. The van der Waals surface area contributed by atoms with Gasteiger partial charge in [0.05, 0.1) is 36.1 Å². The SMILES string of the molecule is COc1ccc2c(c1)N(Cc1cnc[nH]1)[C@@H](CCC1CCCC1)CN(S(=O)(=O)c1ccc(C(F)(F)F)cc1)C2. The molecule has 3 aromatic rings. The predicted molar refractivity (Wildman–Crippen MR) is 142 cm³/mol. The molecule has 0 bridgehead atoms. The van der Waals surface area contributed by atoms with Gasteiger partial charge in [0.2, 0.25) is 10.0 Å². The molecule has 5 rings (SSSR count). The van der Waals surface area contributed by atoms with E-state index in [1.807, 2.05) is 12.1 Å². The fraction of sp³-hybridized carbons (Fsp3) is 0.464. The van der Waals surface area contributed by atoms with Crippen LogP contribution in [-0.4, -0.2) is 42.4 Å². The molecule has 1 N–H and O–H groups in total. The lowest BCUT2D eigenvalue weighted by Gasteiger charge is -2.34. The lowest BCUT2D eigenvalue weighted by Crippen LogP contribution is -2.43. The summed E-state index contributed by atoms with van der Waals surface area (Å²) >= 11 is 0. The third kappa shape index (κ3) is 6.09. The topological polar surface area (TPSA) is 78.5 Å². The smallest absolute Gasteiger partial charge is 0.416 e. The summed E-state index contributed by atoms with van der Waals surface area (Å²) < 4.78 is 74.0. The van der Waals surface area contributed by atoms with E-state index in [0.717, 1.165) is 54.1 Å². The maximum absolute atomic E-state index is 13.8. The highest BCUT2D eigenvalue weighted by Crippen LogP contribution is 2.38. The van der Waals surface area contributed by atoms with Gasteiger partial charge in [-0.3, -0.25) is 0 Å². The number of rotatable bonds is 8. The zero-order chi connectivity index (χ0) is 27.6. The molecule has 1 saturated carbocycles. The van der Waals surface area contributed by atoms with E-state index < -0.39 is 21.8 Å². The van der Waals surface area contributed by atoms with Crippen LogP contribution < -0.4 is 9.64 Å². The summed E-state index contributed by atoms with van der Waals surface area (Å²) in [7, 11) is -2.48. The summed E-state index contributed by atoms with van der Waals surface area (Å²) in [5.41, 5.74) is 1.70. The molecular formula is C28H33F3N4O3S. The van der Waals surface area contributed by atoms with Gasteiger partial charge in [0.1, 0.15) is 5.75 Å². The van der Waals surface area contributed by atoms with Crippen LogP contribution in [-0.2, 0) is 29.3 Å². The first-order valence-corrected chi connectivity index (χ1v) is 14.7. The number of sulfonamides is 1. The Morgan fingerprint density at radius 1 is 1.08 bits per heavy atom. The maximum Gasteiger partial charge on any atom is 0.416 e. The maximum atomic E-state index is 13.8. The number of imidazole rings is 1. The van der Waals surface area contributed by atoms with Crippen molar-refractivity contribution >= 4 is 15.7 Å². The standard InChI is InChI=1S/C28H33F3N4O3S/c1-38-25-11-7-21-16-34(39(36,37)26-12-8-22(9-13-26)28(29,30)31)18-24(10-6-20-4-2-3-5-20)35(27(21)14-25)17-23-15-32-19-33-23/h7-9,11-15,19-20,24H,2-6,10,16-18H2,1H3,(H,32,33)/t24-/m0/s1. The van der Waals surface area contributed by atoms with Crippen LogP contribution >= 0.6 is 0 Å². The molecule has 2 aromatic carbocycles. The average molecular weight is 563 g/mol. The summed E-state index contributed by atoms with van der Waals surface area (Å²) in [6.45, 7) is 0.812. The third-order valence-electron chi connectivity index (χ3n) is 7.90. The highest BCUT2D eigenvalue weighted by atomic mass is 32.2. The second-order valence-corrected chi connectivity index (χ2v) is 12.3. The van der Waals surface area contributed by atoms with Gasteiger partial charge in [-0.2, -0.15) is 17.5 Å². The molecule has 1 aliphatic carbocycles. The molecule has 2 heterocycles. The van der Waals surface area contributed by atoms with Crippen LogP contribution in [0.4, 0.5) is 18.9 Å². The third-order valence-corrected chi connectivity index (χ3v) is 9.73. The Hall–Kier alpha value is -3.05. The molecule has 2 aliphatic rings. The number of ether oxygens (including phenoxy) is 1. The normalized spacial score (nSPS) is 19.2. The van der Waals surface area contributed by atoms with E-state index in [1.165, 1.54) is 30.0 Å². The Balaban J connectivity index is 1.53. The van der Waals surface area contributed by atoms with E-state index in [1.54, 1.807) is 25.7 Å². The molecule has 0 saturated heterocycles. The van der Waals surface area contributed by atoms with Gasteiger partial charge in [-0.25, -0.2) is 13.4 Å². The fourth-order valence-corrected chi connectivity index (χ4v) is 7.20. The molecule has 210 valence electrons. The van der Waals surface area contributed by atoms with Crippen LogP contribution in [0, 0.1) is 5.92 Å². The lowest BCUT2D eigenvalue weighted by atomic mass is 9.97. The number of halogens is 3. The van der Waals surface area contributed by atoms with E-state index in [-0.39, 0.29) is 24.0 Å². The Morgan fingerprint density at radius 3 is 2.46 bits per heavy atom. The first-order valence-electron chi connectivity index (χ1n) is 13.2. The monoisotopic (exact) mass is 562 g/mol. The number of fused-ring (bicyclic) bond motifs is 1. The number of aromatic amines is 1. The molecule has 1 aromatic heterocycles. The summed E-state index contributed by atoms with van der Waals surface area (Å²) in [4.78, 5) is 9.39. The molecule has 1 fully saturated rings. The number of alkyl halides is 3. The number of aromatic nitrogens is 2. The second-order valence-electron chi connectivity index (χ2n) is 10.4. The minimum absolute atomic E-state index is 0.0993. The van der Waals surface area contributed by atoms with Crippen molar-refractivity contribution in [3.63, 3.8) is 0 Å². The van der Waals surface area contributed by atoms with Crippen molar-refractivity contribution in [2.24, 2.45) is 5.92 Å². The van der Waals surface area contributed by atoms with Gasteiger partial charge >= 0.3 is 6.18 Å². The molecule has 7 nitrogen and oxygen atoms in total. The first-order chi connectivity index (χ1) is 18.6. The minimum Gasteiger partial charge on any atom is -0.497 e. The van der Waals surface area contributed by atoms with Gasteiger partial charge in [0.25, 0.3) is 0 Å². The molecule has 0 spiro atoms. The quantitative estimate of drug-likeness (QED) is 0.365. The summed E-state index contributed by atoms with van der Waals surface area (Å²) in [6, 6.07) is 9.19. The first kappa shape index (κ1) is 27.5. The summed E-state index contributed by atoms with van der Waals surface area (Å²) in [6.07, 6.45) is 5.43. The molecule has 1 aliphatic heterocycles. The largest absolute Gasteiger partial charge is 0.497 e. The van der Waals surface area contributed by atoms with Gasteiger partial charge in [0.15, 0.2) is 0 Å². The predicted octanol–water partition coefficient (Wildman–Crippen LogP) is 5.99. The molecule has 11 heteroatoms. The Kier molecular flexibility index (Phi) is 7.91. The zero-order valence-corrected chi connectivity index (χ0v) is 22.6. The number of benzene rings is 2. The summed E-state index contributed by atoms with van der Waals surface area (Å²) in [5.74, 6) is 1.28. The van der Waals surface area contributed by atoms with Crippen LogP contribution in [0.1, 0.15) is 55.3 Å². The molecule has 1 atom stereocenters. The van der Waals surface area contributed by atoms with E-state index in [0.29, 0.717) is 18.2 Å². The van der Waals surface area contributed by atoms with Gasteiger partial charge in [-0.1, -0.05) is 31.7 Å². The van der Waals surface area contributed by atoms with Crippen molar-refractivity contribution in [1.82, 2.24) is 14.3 Å². The van der Waals surface area contributed by atoms with Crippen molar-refractivity contribution < 1.29 is 26.3 Å². The van der Waals surface area contributed by atoms with Crippen molar-refractivity contribution in [2.75, 3.05) is 18.6 Å². The zero-order valence-electron chi connectivity index (χ0n) is 21.8. The molecule has 0 radical (unpaired) electrons. The molecule has 0 amide bonds. The molecule has 0 unspecified atom stereocenters. The number of anilines is 1. The van der Waals surface area contributed by atoms with Crippen LogP contribution in [0.15, 0.2) is 59.9 Å². The van der Waals surface area contributed by atoms with Crippen molar-refractivity contribution in [3.05, 3.63) is 71.8 Å².